The van der Waals surface area contributed by atoms with E-state index in [1.807, 2.05) is 38.1 Å². The number of halogens is 1. The maximum absolute atomic E-state index is 11.7. The van der Waals surface area contributed by atoms with Gasteiger partial charge in [0.1, 0.15) is 0 Å². The molecule has 0 radical (unpaired) electrons. The number of carbonyl (C=O) groups is 1. The van der Waals surface area contributed by atoms with E-state index in [0.29, 0.717) is 0 Å². The Hall–Kier alpha value is -0.870. The van der Waals surface area contributed by atoms with E-state index in [9.17, 15) is 4.79 Å². The molecule has 1 rings (SSSR count). The second-order valence-corrected chi connectivity index (χ2v) is 4.82. The highest BCUT2D eigenvalue weighted by Gasteiger charge is 2.19. The summed E-state index contributed by atoms with van der Waals surface area (Å²) in [4.78, 5) is 11.7. The summed E-state index contributed by atoms with van der Waals surface area (Å²) < 4.78 is 0.983. The Balaban J connectivity index is 2.60. The lowest BCUT2D eigenvalue weighted by atomic mass is 9.99. The van der Waals surface area contributed by atoms with E-state index < -0.39 is 6.04 Å². The Labute approximate surface area is 105 Å². The molecule has 16 heavy (non-hydrogen) atoms. The predicted octanol–water partition coefficient (Wildman–Crippen LogP) is 2.76. The molecule has 0 spiro atoms. The van der Waals surface area contributed by atoms with Gasteiger partial charge in [0.05, 0.1) is 6.04 Å². The first-order valence-electron chi connectivity index (χ1n) is 5.36. The van der Waals surface area contributed by atoms with Crippen molar-refractivity contribution >= 4 is 27.5 Å². The van der Waals surface area contributed by atoms with Crippen LogP contribution in [0.25, 0.3) is 0 Å². The maximum Gasteiger partial charge on any atom is 0.241 e. The summed E-state index contributed by atoms with van der Waals surface area (Å²) in [7, 11) is 0. The molecular weight excluding hydrogens is 268 g/mol. The summed E-state index contributed by atoms with van der Waals surface area (Å²) in [5, 5.41) is 2.80. The lowest BCUT2D eigenvalue weighted by Crippen LogP contribution is -2.40. The molecule has 88 valence electrons. The molecule has 4 heteroatoms. The fourth-order valence-corrected chi connectivity index (χ4v) is 1.54. The van der Waals surface area contributed by atoms with Crippen LogP contribution in [0, 0.1) is 5.92 Å². The van der Waals surface area contributed by atoms with Crippen molar-refractivity contribution in [1.82, 2.24) is 0 Å². The fourth-order valence-electron chi connectivity index (χ4n) is 1.27. The molecule has 0 bridgehead atoms. The van der Waals surface area contributed by atoms with Gasteiger partial charge in [-0.05, 0) is 30.2 Å². The number of rotatable bonds is 4. The normalized spacial score (nSPS) is 14.2. The molecule has 3 N–H and O–H groups in total. The summed E-state index contributed by atoms with van der Waals surface area (Å²) in [6, 6.07) is 6.99. The highest BCUT2D eigenvalue weighted by atomic mass is 79.9. The molecule has 0 fully saturated rings. The third-order valence-electron chi connectivity index (χ3n) is 2.67. The minimum Gasteiger partial charge on any atom is -0.325 e. The standard InChI is InChI=1S/C12H17BrN2O/c1-3-8(2)11(14)12(16)15-10-6-4-9(13)5-7-10/h4-8,11H,3,14H2,1-2H3,(H,15,16)/t8-,11-/m0/s1. The summed E-state index contributed by atoms with van der Waals surface area (Å²) in [5.41, 5.74) is 6.60. The molecule has 0 saturated heterocycles. The van der Waals surface area contributed by atoms with Gasteiger partial charge in [0.15, 0.2) is 0 Å². The quantitative estimate of drug-likeness (QED) is 0.893. The van der Waals surface area contributed by atoms with Crippen molar-refractivity contribution in [2.24, 2.45) is 11.7 Å². The van der Waals surface area contributed by atoms with Crippen LogP contribution in [0.4, 0.5) is 5.69 Å². The lowest BCUT2D eigenvalue weighted by molar-refractivity contribution is -0.118. The molecule has 0 saturated carbocycles. The number of benzene rings is 1. The van der Waals surface area contributed by atoms with Gasteiger partial charge in [0.2, 0.25) is 5.91 Å². The van der Waals surface area contributed by atoms with Gasteiger partial charge in [-0.25, -0.2) is 0 Å². The maximum atomic E-state index is 11.7. The summed E-state index contributed by atoms with van der Waals surface area (Å²) in [6.45, 7) is 4.00. The summed E-state index contributed by atoms with van der Waals surface area (Å²) >= 11 is 3.34. The number of anilines is 1. The molecule has 0 aliphatic carbocycles. The van der Waals surface area contributed by atoms with Gasteiger partial charge in [0, 0.05) is 10.2 Å². The van der Waals surface area contributed by atoms with Crippen LogP contribution in [0.2, 0.25) is 0 Å². The van der Waals surface area contributed by atoms with Crippen LogP contribution in [0.3, 0.4) is 0 Å². The first kappa shape index (κ1) is 13.2. The summed E-state index contributed by atoms with van der Waals surface area (Å²) in [6.07, 6.45) is 0.898. The molecule has 3 nitrogen and oxygen atoms in total. The van der Waals surface area contributed by atoms with Gasteiger partial charge >= 0.3 is 0 Å². The van der Waals surface area contributed by atoms with Crippen molar-refractivity contribution in [3.8, 4) is 0 Å². The second kappa shape index (κ2) is 6.01. The van der Waals surface area contributed by atoms with Crippen molar-refractivity contribution in [2.75, 3.05) is 5.32 Å². The van der Waals surface area contributed by atoms with E-state index in [1.54, 1.807) is 0 Å². The zero-order chi connectivity index (χ0) is 12.1. The van der Waals surface area contributed by atoms with Gasteiger partial charge in [-0.15, -0.1) is 0 Å². The van der Waals surface area contributed by atoms with Crippen molar-refractivity contribution in [1.29, 1.82) is 0 Å². The van der Waals surface area contributed by atoms with E-state index in [2.05, 4.69) is 21.2 Å². The smallest absolute Gasteiger partial charge is 0.241 e. The van der Waals surface area contributed by atoms with Crippen molar-refractivity contribution in [3.63, 3.8) is 0 Å². The van der Waals surface area contributed by atoms with Gasteiger partial charge in [0.25, 0.3) is 0 Å². The van der Waals surface area contributed by atoms with E-state index in [1.165, 1.54) is 0 Å². The number of amides is 1. The Morgan fingerprint density at radius 2 is 2.00 bits per heavy atom. The molecule has 0 aliphatic rings. The molecule has 0 aromatic heterocycles. The molecule has 0 heterocycles. The highest BCUT2D eigenvalue weighted by molar-refractivity contribution is 9.10. The van der Waals surface area contributed by atoms with Crippen LogP contribution < -0.4 is 11.1 Å². The average Bonchev–Trinajstić information content (AvgIpc) is 2.30. The van der Waals surface area contributed by atoms with Crippen LogP contribution in [0.15, 0.2) is 28.7 Å². The molecule has 1 aromatic carbocycles. The van der Waals surface area contributed by atoms with Crippen LogP contribution in [-0.4, -0.2) is 11.9 Å². The molecule has 0 unspecified atom stereocenters. The number of hydrogen-bond acceptors (Lipinski definition) is 2. The second-order valence-electron chi connectivity index (χ2n) is 3.91. The molecule has 0 aliphatic heterocycles. The third kappa shape index (κ3) is 3.61. The predicted molar refractivity (Wildman–Crippen MR) is 70.2 cm³/mol. The number of nitrogens with two attached hydrogens (primary N) is 1. The van der Waals surface area contributed by atoms with Gasteiger partial charge in [-0.1, -0.05) is 36.2 Å². The largest absolute Gasteiger partial charge is 0.325 e. The van der Waals surface area contributed by atoms with Crippen molar-refractivity contribution < 1.29 is 4.79 Å². The first-order valence-corrected chi connectivity index (χ1v) is 6.16. The average molecular weight is 285 g/mol. The number of nitrogens with one attached hydrogen (secondary N) is 1. The zero-order valence-corrected chi connectivity index (χ0v) is 11.1. The molecule has 1 amide bonds. The minimum absolute atomic E-state index is 0.128. The van der Waals surface area contributed by atoms with E-state index in [4.69, 9.17) is 5.73 Å². The van der Waals surface area contributed by atoms with Gasteiger partial charge < -0.3 is 11.1 Å². The third-order valence-corrected chi connectivity index (χ3v) is 3.20. The Morgan fingerprint density at radius 3 is 2.50 bits per heavy atom. The van der Waals surface area contributed by atoms with Crippen LogP contribution in [-0.2, 0) is 4.79 Å². The molecule has 2 atom stereocenters. The van der Waals surface area contributed by atoms with Crippen LogP contribution in [0.5, 0.6) is 0 Å². The first-order chi connectivity index (χ1) is 7.54. The number of carbonyl (C=O) groups excluding carboxylic acids is 1. The Bertz CT molecular complexity index is 351. The summed E-state index contributed by atoms with van der Waals surface area (Å²) in [5.74, 6) is 0.0621. The minimum atomic E-state index is -0.450. The zero-order valence-electron chi connectivity index (χ0n) is 9.53. The van der Waals surface area contributed by atoms with E-state index in [-0.39, 0.29) is 11.8 Å². The van der Waals surface area contributed by atoms with Crippen molar-refractivity contribution in [3.05, 3.63) is 28.7 Å². The van der Waals surface area contributed by atoms with Gasteiger partial charge in [-0.2, -0.15) is 0 Å². The topological polar surface area (TPSA) is 55.1 Å². The van der Waals surface area contributed by atoms with Crippen molar-refractivity contribution in [2.45, 2.75) is 26.3 Å². The van der Waals surface area contributed by atoms with Crippen LogP contribution >= 0.6 is 15.9 Å². The SMILES string of the molecule is CC[C@H](C)[C@H](N)C(=O)Nc1ccc(Br)cc1. The molecular formula is C12H17BrN2O. The van der Waals surface area contributed by atoms with E-state index in [0.717, 1.165) is 16.6 Å². The number of hydrogen-bond donors (Lipinski definition) is 2. The Kier molecular flexibility index (Phi) is 4.96. The highest BCUT2D eigenvalue weighted by Crippen LogP contribution is 2.15. The lowest BCUT2D eigenvalue weighted by Gasteiger charge is -2.17. The molecule has 1 aromatic rings. The van der Waals surface area contributed by atoms with Gasteiger partial charge in [-0.3, -0.25) is 4.79 Å². The Morgan fingerprint density at radius 1 is 1.44 bits per heavy atom. The monoisotopic (exact) mass is 284 g/mol. The fraction of sp³-hybridized carbons (Fsp3) is 0.417. The van der Waals surface area contributed by atoms with Crippen LogP contribution in [0.1, 0.15) is 20.3 Å². The van der Waals surface area contributed by atoms with E-state index >= 15 is 0 Å².